The molecule has 0 aliphatic heterocycles. The van der Waals surface area contributed by atoms with Crippen LogP contribution in [0.3, 0.4) is 0 Å². The molecule has 1 aromatic carbocycles. The topological polar surface area (TPSA) is 53.2 Å². The van der Waals surface area contributed by atoms with Crippen LogP contribution in [0.2, 0.25) is 0 Å². The number of hydrogen-bond acceptors (Lipinski definition) is 3. The third-order valence-electron chi connectivity index (χ3n) is 1.84. The summed E-state index contributed by atoms with van der Waals surface area (Å²) in [5, 5.41) is 17.5. The summed E-state index contributed by atoms with van der Waals surface area (Å²) in [6, 6.07) is 6.07. The molecule has 0 aromatic heterocycles. The standard InChI is InChI=1S/C10H7BrF3NO2/c11-7-1-2-8(6(3-7)4-15)17-5-9(16)10(12,13)14/h1-3,9,16H,5H2. The zero-order chi connectivity index (χ0) is 13.1. The van der Waals surface area contributed by atoms with Crippen LogP contribution in [0.5, 0.6) is 5.75 Å². The summed E-state index contributed by atoms with van der Waals surface area (Å²) >= 11 is 3.11. The van der Waals surface area contributed by atoms with Crippen molar-refractivity contribution < 1.29 is 23.0 Å². The fourth-order valence-electron chi connectivity index (χ4n) is 0.979. The number of aliphatic hydroxyl groups is 1. The second kappa shape index (κ2) is 5.38. The second-order valence-electron chi connectivity index (χ2n) is 3.12. The van der Waals surface area contributed by atoms with Crippen molar-refractivity contribution in [2.75, 3.05) is 6.61 Å². The van der Waals surface area contributed by atoms with Crippen LogP contribution in [0, 0.1) is 11.3 Å². The lowest BCUT2D eigenvalue weighted by Gasteiger charge is -2.15. The molecule has 0 saturated heterocycles. The maximum absolute atomic E-state index is 12.0. The molecule has 0 radical (unpaired) electrons. The molecule has 0 spiro atoms. The van der Waals surface area contributed by atoms with E-state index in [-0.39, 0.29) is 11.3 Å². The van der Waals surface area contributed by atoms with E-state index in [2.05, 4.69) is 15.9 Å². The largest absolute Gasteiger partial charge is 0.489 e. The Bertz CT molecular complexity index is 442. The van der Waals surface area contributed by atoms with Gasteiger partial charge in [0.2, 0.25) is 0 Å². The highest BCUT2D eigenvalue weighted by Crippen LogP contribution is 2.25. The molecule has 1 rings (SSSR count). The van der Waals surface area contributed by atoms with Crippen molar-refractivity contribution in [1.29, 1.82) is 5.26 Å². The summed E-state index contributed by atoms with van der Waals surface area (Å²) in [7, 11) is 0. The summed E-state index contributed by atoms with van der Waals surface area (Å²) < 4.78 is 41.4. The number of ether oxygens (including phenoxy) is 1. The fraction of sp³-hybridized carbons (Fsp3) is 0.300. The van der Waals surface area contributed by atoms with Gasteiger partial charge in [-0.25, -0.2) is 0 Å². The smallest absolute Gasteiger partial charge is 0.417 e. The Morgan fingerprint density at radius 1 is 1.47 bits per heavy atom. The Hall–Kier alpha value is -1.26. The number of halogens is 4. The highest BCUT2D eigenvalue weighted by molar-refractivity contribution is 9.10. The highest BCUT2D eigenvalue weighted by Gasteiger charge is 2.38. The Balaban J connectivity index is 2.74. The minimum atomic E-state index is -4.73. The van der Waals surface area contributed by atoms with Crippen molar-refractivity contribution in [3.63, 3.8) is 0 Å². The van der Waals surface area contributed by atoms with Gasteiger partial charge in [-0.05, 0) is 18.2 Å². The highest BCUT2D eigenvalue weighted by atomic mass is 79.9. The Morgan fingerprint density at radius 3 is 2.65 bits per heavy atom. The normalized spacial score (nSPS) is 12.9. The average molecular weight is 310 g/mol. The third kappa shape index (κ3) is 3.91. The molecular weight excluding hydrogens is 303 g/mol. The van der Waals surface area contributed by atoms with E-state index in [9.17, 15) is 13.2 Å². The van der Waals surface area contributed by atoms with Gasteiger partial charge in [-0.2, -0.15) is 18.4 Å². The number of hydrogen-bond donors (Lipinski definition) is 1. The van der Waals surface area contributed by atoms with E-state index < -0.39 is 18.9 Å². The zero-order valence-corrected chi connectivity index (χ0v) is 9.92. The van der Waals surface area contributed by atoms with Gasteiger partial charge in [-0.15, -0.1) is 0 Å². The van der Waals surface area contributed by atoms with E-state index in [1.807, 2.05) is 0 Å². The molecule has 0 aliphatic carbocycles. The van der Waals surface area contributed by atoms with Gasteiger partial charge in [0.1, 0.15) is 18.4 Å². The molecule has 3 nitrogen and oxygen atoms in total. The van der Waals surface area contributed by atoms with E-state index in [0.29, 0.717) is 4.47 Å². The van der Waals surface area contributed by atoms with Gasteiger partial charge in [0.05, 0.1) is 5.56 Å². The first-order valence-electron chi connectivity index (χ1n) is 4.42. The summed E-state index contributed by atoms with van der Waals surface area (Å²) in [5.74, 6) is -0.000926. The first-order valence-corrected chi connectivity index (χ1v) is 5.21. The molecule has 0 aliphatic rings. The van der Waals surface area contributed by atoms with Crippen LogP contribution in [0.4, 0.5) is 13.2 Å². The average Bonchev–Trinajstić information content (AvgIpc) is 2.25. The van der Waals surface area contributed by atoms with Crippen LogP contribution in [0.15, 0.2) is 22.7 Å². The maximum Gasteiger partial charge on any atom is 0.417 e. The van der Waals surface area contributed by atoms with Crippen LogP contribution in [0.25, 0.3) is 0 Å². The third-order valence-corrected chi connectivity index (χ3v) is 2.33. The molecule has 0 heterocycles. The Labute approximate surface area is 104 Å². The zero-order valence-electron chi connectivity index (χ0n) is 8.33. The van der Waals surface area contributed by atoms with E-state index in [1.165, 1.54) is 18.2 Å². The Kier molecular flexibility index (Phi) is 4.37. The number of alkyl halides is 3. The van der Waals surface area contributed by atoms with Gasteiger partial charge in [0.15, 0.2) is 6.10 Å². The quantitative estimate of drug-likeness (QED) is 0.934. The molecule has 1 N–H and O–H groups in total. The van der Waals surface area contributed by atoms with Crippen molar-refractivity contribution >= 4 is 15.9 Å². The molecule has 7 heteroatoms. The molecule has 0 fully saturated rings. The lowest BCUT2D eigenvalue weighted by Crippen LogP contribution is -2.34. The summed E-state index contributed by atoms with van der Waals surface area (Å²) in [6.45, 7) is -0.945. The van der Waals surface area contributed by atoms with Gasteiger partial charge in [0, 0.05) is 4.47 Å². The van der Waals surface area contributed by atoms with Crippen LogP contribution in [0.1, 0.15) is 5.56 Å². The predicted molar refractivity (Wildman–Crippen MR) is 56.4 cm³/mol. The van der Waals surface area contributed by atoms with E-state index in [1.54, 1.807) is 6.07 Å². The number of nitriles is 1. The molecule has 0 bridgehead atoms. The van der Waals surface area contributed by atoms with E-state index >= 15 is 0 Å². The molecule has 0 saturated carbocycles. The van der Waals surface area contributed by atoms with Crippen molar-refractivity contribution in [3.05, 3.63) is 28.2 Å². The van der Waals surface area contributed by atoms with Crippen molar-refractivity contribution in [1.82, 2.24) is 0 Å². The maximum atomic E-state index is 12.0. The van der Waals surface area contributed by atoms with Gasteiger partial charge in [-0.1, -0.05) is 15.9 Å². The number of rotatable bonds is 3. The van der Waals surface area contributed by atoms with Crippen molar-refractivity contribution in [2.24, 2.45) is 0 Å². The van der Waals surface area contributed by atoms with E-state index in [4.69, 9.17) is 15.1 Å². The molecule has 0 amide bonds. The second-order valence-corrected chi connectivity index (χ2v) is 4.04. The van der Waals surface area contributed by atoms with Gasteiger partial charge < -0.3 is 9.84 Å². The van der Waals surface area contributed by atoms with Crippen LogP contribution in [-0.2, 0) is 0 Å². The lowest BCUT2D eigenvalue weighted by molar-refractivity contribution is -0.210. The first-order chi connectivity index (χ1) is 7.84. The minimum Gasteiger partial charge on any atom is -0.489 e. The molecule has 1 atom stereocenters. The van der Waals surface area contributed by atoms with Crippen LogP contribution >= 0.6 is 15.9 Å². The van der Waals surface area contributed by atoms with Gasteiger partial charge in [-0.3, -0.25) is 0 Å². The van der Waals surface area contributed by atoms with Gasteiger partial charge >= 0.3 is 6.18 Å². The summed E-state index contributed by atoms with van der Waals surface area (Å²) in [4.78, 5) is 0. The molecule has 1 aromatic rings. The number of nitrogens with zero attached hydrogens (tertiary/aromatic N) is 1. The summed E-state index contributed by atoms with van der Waals surface area (Å²) in [6.07, 6.45) is -7.31. The predicted octanol–water partition coefficient (Wildman–Crippen LogP) is 2.62. The van der Waals surface area contributed by atoms with Crippen molar-refractivity contribution in [3.8, 4) is 11.8 Å². The first kappa shape index (κ1) is 13.8. The monoisotopic (exact) mass is 309 g/mol. The molecule has 92 valence electrons. The van der Waals surface area contributed by atoms with Crippen LogP contribution < -0.4 is 4.74 Å². The van der Waals surface area contributed by atoms with Gasteiger partial charge in [0.25, 0.3) is 0 Å². The SMILES string of the molecule is N#Cc1cc(Br)ccc1OCC(O)C(F)(F)F. The lowest BCUT2D eigenvalue weighted by atomic mass is 10.2. The Morgan fingerprint density at radius 2 is 2.12 bits per heavy atom. The van der Waals surface area contributed by atoms with Crippen LogP contribution in [-0.4, -0.2) is 24.0 Å². The minimum absolute atomic E-state index is 0.000926. The fourth-order valence-corrected chi connectivity index (χ4v) is 1.34. The van der Waals surface area contributed by atoms with Crippen molar-refractivity contribution in [2.45, 2.75) is 12.3 Å². The number of aliphatic hydroxyl groups excluding tert-OH is 1. The molecule has 1 unspecified atom stereocenters. The van der Waals surface area contributed by atoms with E-state index in [0.717, 1.165) is 0 Å². The molecule has 17 heavy (non-hydrogen) atoms. The molecular formula is C10H7BrF3NO2. The summed E-state index contributed by atoms with van der Waals surface area (Å²) in [5.41, 5.74) is 0.0914. The number of benzene rings is 1.